The first-order valence-electron chi connectivity index (χ1n) is 5.09. The van der Waals surface area contributed by atoms with Gasteiger partial charge in [0.1, 0.15) is 0 Å². The first-order valence-corrected chi connectivity index (χ1v) is 5.09. The van der Waals surface area contributed by atoms with Gasteiger partial charge in [-0.25, -0.2) is 4.98 Å². The summed E-state index contributed by atoms with van der Waals surface area (Å²) in [5, 5.41) is 13.6. The van der Waals surface area contributed by atoms with E-state index in [0.29, 0.717) is 13.1 Å². The van der Waals surface area contributed by atoms with E-state index >= 15 is 0 Å². The molecule has 9 heteroatoms. The standard InChI is InChI=1S/C10H13N5O3.ClH/c11-3-1-2-4-13-10-8(15(17)18)5-7(6-14-10)9(12)16;/h1-2,5-6H,3-4,11H2,(H2,12,16)(H,13,14);1H/b2-1+;. The first-order chi connectivity index (χ1) is 8.56. The molecule has 0 atom stereocenters. The van der Waals surface area contributed by atoms with Gasteiger partial charge in [0.15, 0.2) is 0 Å². The minimum atomic E-state index is -0.764. The highest BCUT2D eigenvalue weighted by atomic mass is 35.5. The summed E-state index contributed by atoms with van der Waals surface area (Å²) < 4.78 is 0. The number of anilines is 1. The van der Waals surface area contributed by atoms with Gasteiger partial charge in [-0.2, -0.15) is 0 Å². The lowest BCUT2D eigenvalue weighted by molar-refractivity contribution is -0.384. The molecule has 0 aliphatic rings. The number of pyridine rings is 1. The number of hydrogen-bond donors (Lipinski definition) is 3. The Labute approximate surface area is 115 Å². The molecule has 1 heterocycles. The number of aromatic nitrogens is 1. The predicted molar refractivity (Wildman–Crippen MR) is 73.3 cm³/mol. The number of nitrogens with zero attached hydrogens (tertiary/aromatic N) is 2. The summed E-state index contributed by atoms with van der Waals surface area (Å²) in [6.07, 6.45) is 4.61. The number of nitrogens with two attached hydrogens (primary N) is 2. The lowest BCUT2D eigenvalue weighted by Crippen LogP contribution is -2.13. The highest BCUT2D eigenvalue weighted by Gasteiger charge is 2.17. The van der Waals surface area contributed by atoms with Gasteiger partial charge in [0.05, 0.1) is 10.5 Å². The summed E-state index contributed by atoms with van der Waals surface area (Å²) >= 11 is 0. The fourth-order valence-corrected chi connectivity index (χ4v) is 1.20. The monoisotopic (exact) mass is 287 g/mol. The van der Waals surface area contributed by atoms with Crippen molar-refractivity contribution in [1.82, 2.24) is 4.98 Å². The summed E-state index contributed by atoms with van der Waals surface area (Å²) in [5.41, 5.74) is 9.97. The third-order valence-corrected chi connectivity index (χ3v) is 2.04. The number of halogens is 1. The Kier molecular flexibility index (Phi) is 7.08. The molecule has 5 N–H and O–H groups in total. The summed E-state index contributed by atoms with van der Waals surface area (Å²) in [6, 6.07) is 1.09. The molecule has 0 spiro atoms. The van der Waals surface area contributed by atoms with Gasteiger partial charge in [-0.15, -0.1) is 12.4 Å². The lowest BCUT2D eigenvalue weighted by atomic mass is 10.2. The molecule has 0 radical (unpaired) electrons. The molecule has 104 valence electrons. The highest BCUT2D eigenvalue weighted by Crippen LogP contribution is 2.22. The number of hydrogen-bond acceptors (Lipinski definition) is 6. The number of carbonyl (C=O) groups is 1. The van der Waals surface area contributed by atoms with Crippen LogP contribution in [0.5, 0.6) is 0 Å². The number of nitrogens with one attached hydrogen (secondary N) is 1. The molecule has 0 bridgehead atoms. The van der Waals surface area contributed by atoms with E-state index in [9.17, 15) is 14.9 Å². The zero-order valence-corrected chi connectivity index (χ0v) is 10.7. The zero-order chi connectivity index (χ0) is 13.5. The van der Waals surface area contributed by atoms with Crippen molar-refractivity contribution in [3.8, 4) is 0 Å². The molecule has 0 saturated heterocycles. The average molecular weight is 288 g/mol. The Morgan fingerprint density at radius 1 is 1.53 bits per heavy atom. The van der Waals surface area contributed by atoms with E-state index in [1.54, 1.807) is 12.2 Å². The van der Waals surface area contributed by atoms with Crippen molar-refractivity contribution in [3.63, 3.8) is 0 Å². The number of amides is 1. The van der Waals surface area contributed by atoms with Crippen LogP contribution in [-0.2, 0) is 0 Å². The largest absolute Gasteiger partial charge is 0.366 e. The maximum Gasteiger partial charge on any atom is 0.312 e. The van der Waals surface area contributed by atoms with Crippen molar-refractivity contribution < 1.29 is 9.72 Å². The Hall–Kier alpha value is -2.19. The number of primary amides is 1. The minimum Gasteiger partial charge on any atom is -0.366 e. The molecule has 8 nitrogen and oxygen atoms in total. The minimum absolute atomic E-state index is 0. The molecule has 1 aromatic rings. The van der Waals surface area contributed by atoms with Crippen LogP contribution in [0, 0.1) is 10.1 Å². The van der Waals surface area contributed by atoms with Crippen LogP contribution in [-0.4, -0.2) is 28.9 Å². The van der Waals surface area contributed by atoms with Crippen molar-refractivity contribution in [2.45, 2.75) is 0 Å². The number of nitro groups is 1. The number of carbonyl (C=O) groups excluding carboxylic acids is 1. The van der Waals surface area contributed by atoms with Gasteiger partial charge in [-0.05, 0) is 0 Å². The Morgan fingerprint density at radius 2 is 2.21 bits per heavy atom. The molecular formula is C10H14ClN5O3. The molecule has 0 aromatic carbocycles. The van der Waals surface area contributed by atoms with Crippen LogP contribution < -0.4 is 16.8 Å². The fraction of sp³-hybridized carbons (Fsp3) is 0.200. The maximum absolute atomic E-state index is 10.9. The summed E-state index contributed by atoms with van der Waals surface area (Å²) in [5.74, 6) is -0.688. The summed E-state index contributed by atoms with van der Waals surface area (Å²) in [4.78, 5) is 24.9. The molecule has 0 aliphatic heterocycles. The SMILES string of the molecule is Cl.NC/C=C/CNc1ncc(C(N)=O)cc1[N+](=O)[O-]. The van der Waals surface area contributed by atoms with Crippen LogP contribution >= 0.6 is 12.4 Å². The first kappa shape index (κ1) is 16.8. The smallest absolute Gasteiger partial charge is 0.312 e. The van der Waals surface area contributed by atoms with Gasteiger partial charge in [0, 0.05) is 25.4 Å². The molecule has 0 saturated carbocycles. The van der Waals surface area contributed by atoms with Crippen molar-refractivity contribution in [1.29, 1.82) is 0 Å². The van der Waals surface area contributed by atoms with Gasteiger partial charge >= 0.3 is 5.69 Å². The quantitative estimate of drug-likeness (QED) is 0.394. The van der Waals surface area contributed by atoms with E-state index < -0.39 is 10.8 Å². The molecule has 19 heavy (non-hydrogen) atoms. The third kappa shape index (κ3) is 4.90. The Bertz CT molecular complexity index is 492. The van der Waals surface area contributed by atoms with Crippen LogP contribution in [0.25, 0.3) is 0 Å². The van der Waals surface area contributed by atoms with Gasteiger partial charge in [0.2, 0.25) is 5.82 Å². The second-order valence-corrected chi connectivity index (χ2v) is 3.30. The average Bonchev–Trinajstić information content (AvgIpc) is 2.34. The fourth-order valence-electron chi connectivity index (χ4n) is 1.20. The molecule has 1 amide bonds. The van der Waals surface area contributed by atoms with E-state index in [1.165, 1.54) is 6.20 Å². The topological polar surface area (TPSA) is 137 Å². The van der Waals surface area contributed by atoms with Crippen LogP contribution in [0.15, 0.2) is 24.4 Å². The van der Waals surface area contributed by atoms with E-state index in [2.05, 4.69) is 10.3 Å². The molecule has 0 aliphatic carbocycles. The Morgan fingerprint density at radius 3 is 2.74 bits per heavy atom. The van der Waals surface area contributed by atoms with E-state index in [0.717, 1.165) is 6.07 Å². The molecular weight excluding hydrogens is 274 g/mol. The van der Waals surface area contributed by atoms with Crippen molar-refractivity contribution in [2.24, 2.45) is 11.5 Å². The molecule has 1 aromatic heterocycles. The normalized spacial score (nSPS) is 9.95. The third-order valence-electron chi connectivity index (χ3n) is 2.04. The van der Waals surface area contributed by atoms with Gasteiger partial charge in [-0.1, -0.05) is 12.2 Å². The van der Waals surface area contributed by atoms with Crippen molar-refractivity contribution in [3.05, 3.63) is 40.1 Å². The Balaban J connectivity index is 0.00000324. The molecule has 1 rings (SSSR count). The van der Waals surface area contributed by atoms with E-state index in [1.807, 2.05) is 0 Å². The number of rotatable bonds is 6. The molecule has 0 fully saturated rings. The van der Waals surface area contributed by atoms with Crippen LogP contribution in [0.2, 0.25) is 0 Å². The van der Waals surface area contributed by atoms with Gasteiger partial charge in [0.25, 0.3) is 5.91 Å². The zero-order valence-electron chi connectivity index (χ0n) is 9.91. The second-order valence-electron chi connectivity index (χ2n) is 3.30. The van der Waals surface area contributed by atoms with Crippen LogP contribution in [0.1, 0.15) is 10.4 Å². The summed E-state index contributed by atoms with van der Waals surface area (Å²) in [6.45, 7) is 0.735. The predicted octanol–water partition coefficient (Wildman–Crippen LogP) is 0.437. The lowest BCUT2D eigenvalue weighted by Gasteiger charge is -2.04. The molecule has 0 unspecified atom stereocenters. The van der Waals surface area contributed by atoms with E-state index in [-0.39, 0.29) is 29.5 Å². The van der Waals surface area contributed by atoms with Crippen LogP contribution in [0.4, 0.5) is 11.5 Å². The summed E-state index contributed by atoms with van der Waals surface area (Å²) in [7, 11) is 0. The van der Waals surface area contributed by atoms with Gasteiger partial charge < -0.3 is 16.8 Å². The van der Waals surface area contributed by atoms with Crippen molar-refractivity contribution in [2.75, 3.05) is 18.4 Å². The second kappa shape index (κ2) is 8.01. The van der Waals surface area contributed by atoms with Gasteiger partial charge in [-0.3, -0.25) is 14.9 Å². The highest BCUT2D eigenvalue weighted by molar-refractivity contribution is 5.93. The maximum atomic E-state index is 10.9. The van der Waals surface area contributed by atoms with Crippen LogP contribution in [0.3, 0.4) is 0 Å². The van der Waals surface area contributed by atoms with Crippen molar-refractivity contribution >= 4 is 29.8 Å². The van der Waals surface area contributed by atoms with E-state index in [4.69, 9.17) is 11.5 Å².